The molecule has 0 saturated carbocycles. The summed E-state index contributed by atoms with van der Waals surface area (Å²) in [5.41, 5.74) is 7.53. The SMILES string of the molecule is C/C=C(\N=C(C)N)c1ccccc1. The first-order valence-electron chi connectivity index (χ1n) is 4.26. The molecular formula is C11H14N2. The highest BCUT2D eigenvalue weighted by atomic mass is 14.9. The molecule has 0 spiro atoms. The van der Waals surface area contributed by atoms with E-state index in [4.69, 9.17) is 5.73 Å². The second-order valence-electron chi connectivity index (χ2n) is 2.79. The number of aliphatic imine (C=N–C) groups is 1. The van der Waals surface area contributed by atoms with Gasteiger partial charge in [-0.2, -0.15) is 0 Å². The van der Waals surface area contributed by atoms with Crippen molar-refractivity contribution in [2.45, 2.75) is 13.8 Å². The van der Waals surface area contributed by atoms with Gasteiger partial charge >= 0.3 is 0 Å². The number of hydrogen-bond acceptors (Lipinski definition) is 1. The van der Waals surface area contributed by atoms with Gasteiger partial charge in [-0.05, 0) is 19.4 Å². The summed E-state index contributed by atoms with van der Waals surface area (Å²) in [6.07, 6.45) is 1.95. The minimum absolute atomic E-state index is 0.581. The van der Waals surface area contributed by atoms with Crippen LogP contribution in [0.4, 0.5) is 0 Å². The van der Waals surface area contributed by atoms with Crippen molar-refractivity contribution in [3.05, 3.63) is 42.0 Å². The minimum atomic E-state index is 0.581. The molecule has 0 atom stereocenters. The maximum Gasteiger partial charge on any atom is 0.0965 e. The lowest BCUT2D eigenvalue weighted by Gasteiger charge is -2.01. The molecule has 2 N–H and O–H groups in total. The Morgan fingerprint density at radius 3 is 2.38 bits per heavy atom. The third-order valence-electron chi connectivity index (χ3n) is 1.64. The summed E-state index contributed by atoms with van der Waals surface area (Å²) < 4.78 is 0. The molecule has 2 nitrogen and oxygen atoms in total. The van der Waals surface area contributed by atoms with Crippen molar-refractivity contribution >= 4 is 11.5 Å². The molecule has 0 aromatic heterocycles. The molecule has 0 saturated heterocycles. The van der Waals surface area contributed by atoms with Crippen LogP contribution in [0.5, 0.6) is 0 Å². The van der Waals surface area contributed by atoms with Crippen molar-refractivity contribution in [1.29, 1.82) is 0 Å². The third kappa shape index (κ3) is 2.75. The van der Waals surface area contributed by atoms with Gasteiger partial charge in [0.15, 0.2) is 0 Å². The van der Waals surface area contributed by atoms with Crippen LogP contribution in [0.15, 0.2) is 41.4 Å². The van der Waals surface area contributed by atoms with Gasteiger partial charge in [-0.3, -0.25) is 0 Å². The topological polar surface area (TPSA) is 38.4 Å². The van der Waals surface area contributed by atoms with Gasteiger partial charge in [0.2, 0.25) is 0 Å². The summed E-state index contributed by atoms with van der Waals surface area (Å²) in [5.74, 6) is 0.581. The third-order valence-corrected chi connectivity index (χ3v) is 1.64. The minimum Gasteiger partial charge on any atom is -0.387 e. The summed E-state index contributed by atoms with van der Waals surface area (Å²) >= 11 is 0. The number of hydrogen-bond donors (Lipinski definition) is 1. The monoisotopic (exact) mass is 174 g/mol. The van der Waals surface area contributed by atoms with Crippen LogP contribution in [-0.4, -0.2) is 5.84 Å². The van der Waals surface area contributed by atoms with Crippen molar-refractivity contribution in [2.24, 2.45) is 10.7 Å². The summed E-state index contributed by atoms with van der Waals surface area (Å²) in [6.45, 7) is 3.74. The number of amidine groups is 1. The van der Waals surface area contributed by atoms with Gasteiger partial charge in [-0.15, -0.1) is 0 Å². The predicted octanol–water partition coefficient (Wildman–Crippen LogP) is 2.42. The highest BCUT2D eigenvalue weighted by Gasteiger charge is 1.96. The molecule has 1 rings (SSSR count). The average molecular weight is 174 g/mol. The van der Waals surface area contributed by atoms with Crippen molar-refractivity contribution in [1.82, 2.24) is 0 Å². The van der Waals surface area contributed by atoms with Crippen LogP contribution >= 0.6 is 0 Å². The van der Waals surface area contributed by atoms with Crippen LogP contribution in [0.2, 0.25) is 0 Å². The van der Waals surface area contributed by atoms with E-state index in [1.54, 1.807) is 6.92 Å². The molecule has 0 aliphatic carbocycles. The van der Waals surface area contributed by atoms with Crippen LogP contribution in [-0.2, 0) is 0 Å². The first-order valence-corrected chi connectivity index (χ1v) is 4.26. The summed E-state index contributed by atoms with van der Waals surface area (Å²) in [6, 6.07) is 9.99. The molecule has 0 bridgehead atoms. The van der Waals surface area contributed by atoms with Crippen LogP contribution in [0.3, 0.4) is 0 Å². The predicted molar refractivity (Wildman–Crippen MR) is 57.4 cm³/mol. The number of nitrogens with zero attached hydrogens (tertiary/aromatic N) is 1. The normalized spacial score (nSPS) is 13.1. The molecule has 13 heavy (non-hydrogen) atoms. The quantitative estimate of drug-likeness (QED) is 0.542. The van der Waals surface area contributed by atoms with Crippen molar-refractivity contribution in [3.8, 4) is 0 Å². The van der Waals surface area contributed by atoms with E-state index in [0.717, 1.165) is 11.3 Å². The molecule has 0 radical (unpaired) electrons. The van der Waals surface area contributed by atoms with Gasteiger partial charge in [-0.25, -0.2) is 4.99 Å². The zero-order valence-corrected chi connectivity index (χ0v) is 7.99. The summed E-state index contributed by atoms with van der Waals surface area (Å²) in [4.78, 5) is 4.22. The second-order valence-corrected chi connectivity index (χ2v) is 2.79. The van der Waals surface area contributed by atoms with E-state index in [1.165, 1.54) is 0 Å². The van der Waals surface area contributed by atoms with Crippen molar-refractivity contribution in [3.63, 3.8) is 0 Å². The Kier molecular flexibility index (Phi) is 3.26. The van der Waals surface area contributed by atoms with Crippen LogP contribution in [0.25, 0.3) is 5.70 Å². The Morgan fingerprint density at radius 1 is 1.31 bits per heavy atom. The van der Waals surface area contributed by atoms with E-state index in [1.807, 2.05) is 43.3 Å². The van der Waals surface area contributed by atoms with Gasteiger partial charge in [-0.1, -0.05) is 36.4 Å². The molecule has 0 aliphatic heterocycles. The van der Waals surface area contributed by atoms with E-state index in [9.17, 15) is 0 Å². The molecule has 0 unspecified atom stereocenters. The van der Waals surface area contributed by atoms with Crippen LogP contribution < -0.4 is 5.73 Å². The Balaban J connectivity index is 3.00. The lowest BCUT2D eigenvalue weighted by molar-refractivity contribution is 1.43. The fourth-order valence-corrected chi connectivity index (χ4v) is 1.09. The van der Waals surface area contributed by atoms with Gasteiger partial charge in [0.25, 0.3) is 0 Å². The Morgan fingerprint density at radius 2 is 1.92 bits per heavy atom. The zero-order valence-electron chi connectivity index (χ0n) is 7.99. The van der Waals surface area contributed by atoms with Crippen molar-refractivity contribution in [2.75, 3.05) is 0 Å². The highest BCUT2D eigenvalue weighted by molar-refractivity contribution is 5.84. The molecule has 1 aromatic carbocycles. The van der Waals surface area contributed by atoms with E-state index < -0.39 is 0 Å². The highest BCUT2D eigenvalue weighted by Crippen LogP contribution is 2.14. The Bertz CT molecular complexity index is 319. The van der Waals surface area contributed by atoms with Gasteiger partial charge in [0.05, 0.1) is 11.5 Å². The fraction of sp³-hybridized carbons (Fsp3) is 0.182. The Labute approximate surface area is 78.8 Å². The fourth-order valence-electron chi connectivity index (χ4n) is 1.09. The van der Waals surface area contributed by atoms with E-state index in [2.05, 4.69) is 4.99 Å². The second kappa shape index (κ2) is 4.45. The van der Waals surface area contributed by atoms with E-state index >= 15 is 0 Å². The maximum absolute atomic E-state index is 5.52. The molecule has 0 fully saturated rings. The number of nitrogens with two attached hydrogens (primary N) is 1. The smallest absolute Gasteiger partial charge is 0.0965 e. The number of rotatable bonds is 2. The zero-order chi connectivity index (χ0) is 9.68. The standard InChI is InChI=1S/C11H14N2/c1-3-11(13-9(2)12)10-7-5-4-6-8-10/h3-8H,1-2H3,(H2,12,13)/b11-3-. The van der Waals surface area contributed by atoms with Gasteiger partial charge in [0, 0.05) is 0 Å². The van der Waals surface area contributed by atoms with Crippen LogP contribution in [0.1, 0.15) is 19.4 Å². The molecule has 68 valence electrons. The first-order chi connectivity index (χ1) is 6.24. The lowest BCUT2D eigenvalue weighted by Crippen LogP contribution is -2.05. The largest absolute Gasteiger partial charge is 0.387 e. The first kappa shape index (κ1) is 9.52. The average Bonchev–Trinajstić information content (AvgIpc) is 2.15. The van der Waals surface area contributed by atoms with E-state index in [-0.39, 0.29) is 0 Å². The molecule has 0 amide bonds. The maximum atomic E-state index is 5.52. The van der Waals surface area contributed by atoms with Gasteiger partial charge < -0.3 is 5.73 Å². The molecule has 2 heteroatoms. The molecule has 0 aliphatic rings. The molecular weight excluding hydrogens is 160 g/mol. The molecule has 1 aromatic rings. The lowest BCUT2D eigenvalue weighted by atomic mass is 10.1. The summed E-state index contributed by atoms with van der Waals surface area (Å²) in [7, 11) is 0. The number of allylic oxidation sites excluding steroid dienone is 1. The van der Waals surface area contributed by atoms with Crippen LogP contribution in [0, 0.1) is 0 Å². The van der Waals surface area contributed by atoms with Crippen molar-refractivity contribution < 1.29 is 0 Å². The van der Waals surface area contributed by atoms with E-state index in [0.29, 0.717) is 5.84 Å². The Hall–Kier alpha value is -1.57. The molecule has 0 heterocycles. The number of benzene rings is 1. The van der Waals surface area contributed by atoms with Gasteiger partial charge in [0.1, 0.15) is 0 Å². The summed E-state index contributed by atoms with van der Waals surface area (Å²) in [5, 5.41) is 0.